The van der Waals surface area contributed by atoms with Gasteiger partial charge in [-0.15, -0.1) is 0 Å². The molecule has 0 saturated heterocycles. The molecule has 0 saturated carbocycles. The van der Waals surface area contributed by atoms with Crippen molar-refractivity contribution < 1.29 is 22.2 Å². The quantitative estimate of drug-likeness (QED) is 0.603. The standard InChI is InChI=1S/C17H19NO5S/c1-11(2)15-10-16(12(3)9-17(15)19)18-23-24(20,21)14-7-5-13(22-4)6-8-14/h5-11H,1-4H3. The van der Waals surface area contributed by atoms with Crippen LogP contribution < -0.4 is 4.74 Å². The zero-order valence-electron chi connectivity index (χ0n) is 13.9. The Morgan fingerprint density at radius 2 is 1.71 bits per heavy atom. The molecule has 1 aliphatic carbocycles. The summed E-state index contributed by atoms with van der Waals surface area (Å²) >= 11 is 0. The first-order valence-electron chi connectivity index (χ1n) is 7.35. The van der Waals surface area contributed by atoms with Crippen LogP contribution in [0.25, 0.3) is 0 Å². The van der Waals surface area contributed by atoms with Gasteiger partial charge in [0.2, 0.25) is 0 Å². The molecule has 2 rings (SSSR count). The number of hydrogen-bond acceptors (Lipinski definition) is 6. The lowest BCUT2D eigenvalue weighted by Crippen LogP contribution is -2.16. The fourth-order valence-electron chi connectivity index (χ4n) is 2.11. The normalized spacial score (nSPS) is 16.9. The Morgan fingerprint density at radius 1 is 1.08 bits per heavy atom. The van der Waals surface area contributed by atoms with Gasteiger partial charge in [-0.3, -0.25) is 9.08 Å². The maximum Gasteiger partial charge on any atom is 0.358 e. The molecule has 6 nitrogen and oxygen atoms in total. The summed E-state index contributed by atoms with van der Waals surface area (Å²) < 4.78 is 34.1. The summed E-state index contributed by atoms with van der Waals surface area (Å²) in [5, 5.41) is 3.72. The molecule has 7 heteroatoms. The van der Waals surface area contributed by atoms with E-state index in [1.807, 2.05) is 13.8 Å². The van der Waals surface area contributed by atoms with Crippen LogP contribution in [-0.2, 0) is 19.2 Å². The van der Waals surface area contributed by atoms with E-state index in [1.54, 1.807) is 13.0 Å². The number of methoxy groups -OCH3 is 1. The van der Waals surface area contributed by atoms with Gasteiger partial charge in [-0.2, -0.15) is 8.42 Å². The number of hydrogen-bond donors (Lipinski definition) is 0. The molecule has 0 fully saturated rings. The first-order chi connectivity index (χ1) is 11.2. The minimum atomic E-state index is -4.04. The maximum atomic E-state index is 12.2. The van der Waals surface area contributed by atoms with Gasteiger partial charge in [-0.1, -0.05) is 19.0 Å². The summed E-state index contributed by atoms with van der Waals surface area (Å²) in [4.78, 5) is 11.9. The second kappa shape index (κ2) is 7.00. The molecule has 1 aromatic carbocycles. The highest BCUT2D eigenvalue weighted by Gasteiger charge is 2.21. The molecule has 0 unspecified atom stereocenters. The molecular weight excluding hydrogens is 330 g/mol. The third kappa shape index (κ3) is 3.91. The van der Waals surface area contributed by atoms with Gasteiger partial charge in [0.1, 0.15) is 16.4 Å². The fourth-order valence-corrected chi connectivity index (χ4v) is 2.84. The van der Waals surface area contributed by atoms with E-state index in [2.05, 4.69) is 5.16 Å². The minimum absolute atomic E-state index is 0.00486. The largest absolute Gasteiger partial charge is 0.497 e. The van der Waals surface area contributed by atoms with Crippen molar-refractivity contribution in [2.45, 2.75) is 25.7 Å². The SMILES string of the molecule is COc1ccc(S(=O)(=O)ON=C2C=C(C(C)C)C(=O)C=C2C)cc1. The predicted octanol–water partition coefficient (Wildman–Crippen LogP) is 2.87. The Morgan fingerprint density at radius 3 is 2.25 bits per heavy atom. The van der Waals surface area contributed by atoms with E-state index < -0.39 is 10.1 Å². The highest BCUT2D eigenvalue weighted by Crippen LogP contribution is 2.21. The third-order valence-corrected chi connectivity index (χ3v) is 4.65. The van der Waals surface area contributed by atoms with Crippen LogP contribution >= 0.6 is 0 Å². The van der Waals surface area contributed by atoms with E-state index in [0.717, 1.165) is 0 Å². The van der Waals surface area contributed by atoms with E-state index in [9.17, 15) is 13.2 Å². The molecule has 0 aromatic heterocycles. The predicted molar refractivity (Wildman–Crippen MR) is 90.4 cm³/mol. The van der Waals surface area contributed by atoms with Gasteiger partial charge in [0, 0.05) is 5.57 Å². The molecule has 1 aromatic rings. The lowest BCUT2D eigenvalue weighted by Gasteiger charge is -2.14. The molecule has 0 bridgehead atoms. The Balaban J connectivity index is 2.27. The van der Waals surface area contributed by atoms with E-state index in [1.165, 1.54) is 37.5 Å². The summed E-state index contributed by atoms with van der Waals surface area (Å²) in [5.41, 5.74) is 1.43. The van der Waals surface area contributed by atoms with Crippen molar-refractivity contribution in [1.29, 1.82) is 0 Å². The van der Waals surface area contributed by atoms with Crippen LogP contribution in [0.2, 0.25) is 0 Å². The lowest BCUT2D eigenvalue weighted by molar-refractivity contribution is -0.111. The van der Waals surface area contributed by atoms with Crippen LogP contribution in [0.1, 0.15) is 20.8 Å². The summed E-state index contributed by atoms with van der Waals surface area (Å²) in [6, 6.07) is 5.78. The fraction of sp³-hybridized carbons (Fsp3) is 0.294. The van der Waals surface area contributed by atoms with Crippen molar-refractivity contribution in [1.82, 2.24) is 0 Å². The van der Waals surface area contributed by atoms with Gasteiger partial charge in [0.05, 0.1) is 7.11 Å². The van der Waals surface area contributed by atoms with Gasteiger partial charge in [0.15, 0.2) is 5.78 Å². The number of oxime groups is 1. The second-order valence-corrected chi connectivity index (χ2v) is 7.16. The number of carbonyl (C=O) groups excluding carboxylic acids is 1. The van der Waals surface area contributed by atoms with Crippen LogP contribution in [0.15, 0.2) is 57.6 Å². The number of ether oxygens (including phenoxy) is 1. The zero-order valence-corrected chi connectivity index (χ0v) is 14.8. The summed E-state index contributed by atoms with van der Waals surface area (Å²) in [6.45, 7) is 5.43. The van der Waals surface area contributed by atoms with Crippen LogP contribution in [0.4, 0.5) is 0 Å². The maximum absolute atomic E-state index is 12.2. The van der Waals surface area contributed by atoms with Crippen molar-refractivity contribution in [3.63, 3.8) is 0 Å². The van der Waals surface area contributed by atoms with E-state index in [0.29, 0.717) is 22.6 Å². The molecule has 0 N–H and O–H groups in total. The van der Waals surface area contributed by atoms with E-state index >= 15 is 0 Å². The Labute approximate surface area is 141 Å². The molecule has 0 spiro atoms. The van der Waals surface area contributed by atoms with Crippen LogP contribution in [-0.4, -0.2) is 27.0 Å². The molecule has 0 aliphatic heterocycles. The first-order valence-corrected chi connectivity index (χ1v) is 8.75. The Kier molecular flexibility index (Phi) is 5.23. The molecule has 0 heterocycles. The van der Waals surface area contributed by atoms with E-state index in [4.69, 9.17) is 9.02 Å². The topological polar surface area (TPSA) is 82.0 Å². The molecule has 128 valence electrons. The van der Waals surface area contributed by atoms with Crippen molar-refractivity contribution in [3.8, 4) is 5.75 Å². The van der Waals surface area contributed by atoms with Crippen LogP contribution in [0.3, 0.4) is 0 Å². The number of benzene rings is 1. The summed E-state index contributed by atoms with van der Waals surface area (Å²) in [5.74, 6) is 0.444. The number of allylic oxidation sites excluding steroid dienone is 4. The molecule has 24 heavy (non-hydrogen) atoms. The van der Waals surface area contributed by atoms with Gasteiger partial charge < -0.3 is 4.74 Å². The Hall–Kier alpha value is -2.41. The zero-order chi connectivity index (χ0) is 17.9. The van der Waals surface area contributed by atoms with Gasteiger partial charge >= 0.3 is 10.1 Å². The first kappa shape index (κ1) is 17.9. The average Bonchev–Trinajstić information content (AvgIpc) is 2.53. The Bertz CT molecular complexity index is 830. The minimum Gasteiger partial charge on any atom is -0.497 e. The van der Waals surface area contributed by atoms with Gasteiger partial charge in [0.25, 0.3) is 0 Å². The van der Waals surface area contributed by atoms with Gasteiger partial charge in [-0.25, -0.2) is 0 Å². The lowest BCUT2D eigenvalue weighted by atomic mass is 9.90. The third-order valence-electron chi connectivity index (χ3n) is 3.53. The van der Waals surface area contributed by atoms with E-state index in [-0.39, 0.29) is 16.6 Å². The van der Waals surface area contributed by atoms with Crippen LogP contribution in [0.5, 0.6) is 5.75 Å². The van der Waals surface area contributed by atoms with Crippen molar-refractivity contribution >= 4 is 21.6 Å². The number of carbonyl (C=O) groups is 1. The molecular formula is C17H19NO5S. The van der Waals surface area contributed by atoms with Gasteiger partial charge in [-0.05, 0) is 54.8 Å². The number of nitrogens with zero attached hydrogens (tertiary/aromatic N) is 1. The highest BCUT2D eigenvalue weighted by molar-refractivity contribution is 7.86. The average molecular weight is 349 g/mol. The summed E-state index contributed by atoms with van der Waals surface area (Å²) in [7, 11) is -2.55. The summed E-state index contributed by atoms with van der Waals surface area (Å²) in [6.07, 6.45) is 2.99. The van der Waals surface area contributed by atoms with Crippen molar-refractivity contribution in [2.75, 3.05) is 7.11 Å². The van der Waals surface area contributed by atoms with Crippen molar-refractivity contribution in [2.24, 2.45) is 11.1 Å². The molecule has 0 amide bonds. The van der Waals surface area contributed by atoms with Crippen LogP contribution in [0, 0.1) is 5.92 Å². The number of rotatable bonds is 5. The second-order valence-electron chi connectivity index (χ2n) is 5.63. The smallest absolute Gasteiger partial charge is 0.358 e. The highest BCUT2D eigenvalue weighted by atomic mass is 32.2. The van der Waals surface area contributed by atoms with Crippen molar-refractivity contribution in [3.05, 3.63) is 47.6 Å². The molecule has 0 radical (unpaired) electrons. The number of ketones is 1. The monoisotopic (exact) mass is 349 g/mol. The molecule has 1 aliphatic rings. The molecule has 0 atom stereocenters.